The highest BCUT2D eigenvalue weighted by atomic mass is 19.4. The van der Waals surface area contributed by atoms with E-state index in [4.69, 9.17) is 0 Å². The minimum Gasteiger partial charge on any atom is -0.324 e. The van der Waals surface area contributed by atoms with Crippen molar-refractivity contribution in [2.45, 2.75) is 70.9 Å². The molecule has 0 atom stereocenters. The lowest BCUT2D eigenvalue weighted by atomic mass is 9.96. The van der Waals surface area contributed by atoms with Crippen LogP contribution in [-0.4, -0.2) is 21.1 Å². The molecule has 1 fully saturated rings. The Morgan fingerprint density at radius 2 is 1.86 bits per heavy atom. The zero-order valence-corrected chi connectivity index (χ0v) is 20.4. The Labute approximate surface area is 203 Å². The van der Waals surface area contributed by atoms with Gasteiger partial charge in [-0.3, -0.25) is 9.59 Å². The minimum atomic E-state index is -4.56. The summed E-state index contributed by atoms with van der Waals surface area (Å²) in [4.78, 5) is 30.1. The molecule has 2 aliphatic carbocycles. The Bertz CT molecular complexity index is 1240. The molecule has 186 valence electrons. The molecule has 2 aromatic rings. The summed E-state index contributed by atoms with van der Waals surface area (Å²) in [6, 6.07) is 2.90. The van der Waals surface area contributed by atoms with Crippen LogP contribution in [0, 0.1) is 5.92 Å². The van der Waals surface area contributed by atoms with Crippen molar-refractivity contribution in [2.24, 2.45) is 13.0 Å². The number of fused-ring (bicyclic) bond motifs is 1. The van der Waals surface area contributed by atoms with Crippen LogP contribution >= 0.6 is 0 Å². The number of hydrogen-bond donors (Lipinski definition) is 0. The standard InChI is InChI=1S/C28H31F3N2O2/c1-4-7-20(12-13-22(34)14-17(2)18-8-5-6-9-18)26(35)27-32-25-23(28(29,30)31)15-21(19-10-11-19)16-24(25)33(27)3/h5-6,12,14-16,18-19H,4,7-11,13H2,1-3H3. The third-order valence-electron chi connectivity index (χ3n) is 6.97. The maximum Gasteiger partial charge on any atom is 0.418 e. The van der Waals surface area contributed by atoms with Gasteiger partial charge in [0.2, 0.25) is 5.78 Å². The van der Waals surface area contributed by atoms with Crippen molar-refractivity contribution in [2.75, 3.05) is 0 Å². The molecule has 0 aliphatic heterocycles. The molecule has 1 aromatic heterocycles. The van der Waals surface area contributed by atoms with Crippen LogP contribution in [-0.2, 0) is 18.0 Å². The molecule has 0 amide bonds. The number of alkyl halides is 3. The van der Waals surface area contributed by atoms with Gasteiger partial charge < -0.3 is 4.57 Å². The molecule has 0 unspecified atom stereocenters. The first-order valence-corrected chi connectivity index (χ1v) is 12.3. The highest BCUT2D eigenvalue weighted by Crippen LogP contribution is 2.44. The van der Waals surface area contributed by atoms with Crippen molar-refractivity contribution in [1.82, 2.24) is 9.55 Å². The number of benzene rings is 1. The molecule has 2 aliphatic rings. The van der Waals surface area contributed by atoms with Gasteiger partial charge in [-0.2, -0.15) is 13.2 Å². The monoisotopic (exact) mass is 484 g/mol. The Kier molecular flexibility index (Phi) is 7.15. The molecule has 35 heavy (non-hydrogen) atoms. The van der Waals surface area contributed by atoms with Crippen LogP contribution in [0.1, 0.15) is 86.5 Å². The third kappa shape index (κ3) is 5.49. The minimum absolute atomic E-state index is 0.0330. The SMILES string of the molecule is CCCC(=CCC(=O)C=C(C)C1CC=CC1)C(=O)c1nc2c(C(F)(F)F)cc(C3CC3)cc2n1C. The number of aromatic nitrogens is 2. The van der Waals surface area contributed by atoms with Gasteiger partial charge in [-0.25, -0.2) is 4.98 Å². The van der Waals surface area contributed by atoms with Crippen LogP contribution < -0.4 is 0 Å². The van der Waals surface area contributed by atoms with Crippen LogP contribution in [0.15, 0.2) is 47.6 Å². The summed E-state index contributed by atoms with van der Waals surface area (Å²) in [6.07, 6.45) is 7.68. The molecular weight excluding hydrogens is 453 g/mol. The third-order valence-corrected chi connectivity index (χ3v) is 6.97. The van der Waals surface area contributed by atoms with E-state index in [9.17, 15) is 22.8 Å². The van der Waals surface area contributed by atoms with Crippen molar-refractivity contribution < 1.29 is 22.8 Å². The van der Waals surface area contributed by atoms with Gasteiger partial charge in [0.05, 0.1) is 11.1 Å². The average Bonchev–Trinajstić information content (AvgIpc) is 3.40. The molecule has 4 nitrogen and oxygen atoms in total. The lowest BCUT2D eigenvalue weighted by Crippen LogP contribution is -2.11. The van der Waals surface area contributed by atoms with Crippen LogP contribution in [0.3, 0.4) is 0 Å². The van der Waals surface area contributed by atoms with E-state index < -0.39 is 17.5 Å². The number of nitrogens with zero attached hydrogens (tertiary/aromatic N) is 2. The molecule has 4 rings (SSSR count). The van der Waals surface area contributed by atoms with E-state index in [1.807, 2.05) is 13.8 Å². The molecule has 1 aromatic carbocycles. The van der Waals surface area contributed by atoms with E-state index in [1.165, 1.54) is 10.6 Å². The van der Waals surface area contributed by atoms with Gasteiger partial charge in [0.25, 0.3) is 0 Å². The summed E-state index contributed by atoms with van der Waals surface area (Å²) in [6.45, 7) is 3.86. The molecule has 0 radical (unpaired) electrons. The summed E-state index contributed by atoms with van der Waals surface area (Å²) in [5, 5.41) is 0. The molecule has 0 saturated heterocycles. The molecule has 7 heteroatoms. The van der Waals surface area contributed by atoms with Crippen molar-refractivity contribution in [3.8, 4) is 0 Å². The Balaban J connectivity index is 1.64. The van der Waals surface area contributed by atoms with Crippen molar-refractivity contribution in [3.63, 3.8) is 0 Å². The number of hydrogen-bond acceptors (Lipinski definition) is 3. The molecular formula is C28H31F3N2O2. The number of imidazole rings is 1. The van der Waals surface area contributed by atoms with Gasteiger partial charge in [-0.1, -0.05) is 37.1 Å². The first-order valence-electron chi connectivity index (χ1n) is 12.3. The fourth-order valence-electron chi connectivity index (χ4n) is 4.75. The number of aryl methyl sites for hydroxylation is 1. The van der Waals surface area contributed by atoms with Crippen LogP contribution in [0.5, 0.6) is 0 Å². The maximum atomic E-state index is 13.8. The number of carbonyl (C=O) groups excluding carboxylic acids is 2. The van der Waals surface area contributed by atoms with Crippen molar-refractivity contribution >= 4 is 22.6 Å². The van der Waals surface area contributed by atoms with Gasteiger partial charge in [0, 0.05) is 13.5 Å². The number of carbonyl (C=O) groups is 2. The zero-order valence-electron chi connectivity index (χ0n) is 20.4. The molecule has 0 bridgehead atoms. The van der Waals surface area contributed by atoms with Gasteiger partial charge in [-0.15, -0.1) is 0 Å². The second kappa shape index (κ2) is 9.96. The normalized spacial score (nSPS) is 17.5. The Morgan fingerprint density at radius 1 is 1.17 bits per heavy atom. The van der Waals surface area contributed by atoms with Crippen LogP contribution in [0.2, 0.25) is 0 Å². The van der Waals surface area contributed by atoms with E-state index in [2.05, 4.69) is 17.1 Å². The summed E-state index contributed by atoms with van der Waals surface area (Å²) in [5.74, 6) is -0.0700. The fraction of sp³-hybridized carbons (Fsp3) is 0.464. The first-order chi connectivity index (χ1) is 16.6. The largest absolute Gasteiger partial charge is 0.418 e. The van der Waals surface area contributed by atoms with E-state index in [0.29, 0.717) is 35.4 Å². The second-order valence-electron chi connectivity index (χ2n) is 9.71. The van der Waals surface area contributed by atoms with E-state index >= 15 is 0 Å². The number of Topliss-reactive ketones (excluding diaryl/α,β-unsaturated/α-hetero) is 1. The second-order valence-corrected chi connectivity index (χ2v) is 9.71. The van der Waals surface area contributed by atoms with E-state index in [-0.39, 0.29) is 29.5 Å². The quantitative estimate of drug-likeness (QED) is 0.214. The predicted octanol–water partition coefficient (Wildman–Crippen LogP) is 7.25. The average molecular weight is 485 g/mol. The summed E-state index contributed by atoms with van der Waals surface area (Å²) in [5.41, 5.74) is 1.37. The first kappa shape index (κ1) is 25.1. The molecule has 0 N–H and O–H groups in total. The smallest absolute Gasteiger partial charge is 0.324 e. The number of ketones is 2. The highest BCUT2D eigenvalue weighted by molar-refractivity contribution is 6.08. The number of allylic oxidation sites excluding steroid dienone is 6. The van der Waals surface area contributed by atoms with Gasteiger partial charge >= 0.3 is 6.18 Å². The predicted molar refractivity (Wildman–Crippen MR) is 130 cm³/mol. The zero-order chi connectivity index (χ0) is 25.3. The summed E-state index contributed by atoms with van der Waals surface area (Å²) < 4.78 is 43.0. The van der Waals surface area contributed by atoms with Crippen molar-refractivity contribution in [3.05, 3.63) is 64.5 Å². The van der Waals surface area contributed by atoms with E-state index in [0.717, 1.165) is 31.3 Å². The Hall–Kier alpha value is -2.96. The molecule has 1 heterocycles. The lowest BCUT2D eigenvalue weighted by molar-refractivity contribution is -0.136. The van der Waals surface area contributed by atoms with Crippen molar-refractivity contribution in [1.29, 1.82) is 0 Å². The summed E-state index contributed by atoms with van der Waals surface area (Å²) >= 11 is 0. The van der Waals surface area contributed by atoms with E-state index in [1.54, 1.807) is 25.3 Å². The lowest BCUT2D eigenvalue weighted by Gasteiger charge is -2.10. The van der Waals surface area contributed by atoms with Crippen LogP contribution in [0.25, 0.3) is 11.0 Å². The highest BCUT2D eigenvalue weighted by Gasteiger charge is 2.37. The van der Waals surface area contributed by atoms with Gasteiger partial charge in [0.1, 0.15) is 5.52 Å². The Morgan fingerprint density at radius 3 is 2.46 bits per heavy atom. The van der Waals surface area contributed by atoms with Gasteiger partial charge in [0.15, 0.2) is 11.6 Å². The molecule has 1 saturated carbocycles. The maximum absolute atomic E-state index is 13.8. The summed E-state index contributed by atoms with van der Waals surface area (Å²) in [7, 11) is 1.58. The number of rotatable bonds is 9. The topological polar surface area (TPSA) is 52.0 Å². The van der Waals surface area contributed by atoms with Gasteiger partial charge in [-0.05, 0) is 80.2 Å². The molecule has 0 spiro atoms. The number of halogens is 3. The van der Waals surface area contributed by atoms with Crippen LogP contribution in [0.4, 0.5) is 13.2 Å². The fourth-order valence-corrected chi connectivity index (χ4v) is 4.75.